The maximum absolute atomic E-state index is 13.0. The number of benzene rings is 2. The Morgan fingerprint density at radius 2 is 1.56 bits per heavy atom. The third kappa shape index (κ3) is 5.26. The van der Waals surface area contributed by atoms with Gasteiger partial charge in [-0.15, -0.1) is 0 Å². The van der Waals surface area contributed by atoms with E-state index in [0.29, 0.717) is 31.2 Å². The number of piperazine rings is 1. The first-order valence-electron chi connectivity index (χ1n) is 11.0. The van der Waals surface area contributed by atoms with Gasteiger partial charge in [0.25, 0.3) is 0 Å². The minimum Gasteiger partial charge on any atom is -0.339 e. The second kappa shape index (κ2) is 9.52. The molecule has 1 amide bonds. The molecule has 2 fully saturated rings. The summed E-state index contributed by atoms with van der Waals surface area (Å²) >= 11 is 0. The third-order valence-electron chi connectivity index (χ3n) is 6.12. The molecule has 1 aliphatic heterocycles. The minimum atomic E-state index is -3.65. The first-order valence-corrected chi connectivity index (χ1v) is 12.5. The van der Waals surface area contributed by atoms with Gasteiger partial charge in [-0.05, 0) is 37.5 Å². The predicted molar refractivity (Wildman–Crippen MR) is 122 cm³/mol. The average molecular weight is 456 g/mol. The van der Waals surface area contributed by atoms with Crippen molar-refractivity contribution >= 4 is 21.7 Å². The molecular formula is C24H29N3O4S. The Labute approximate surface area is 189 Å². The molecule has 0 radical (unpaired) electrons. The number of ketones is 1. The maximum Gasteiger partial charge on any atom is 0.243 e. The van der Waals surface area contributed by atoms with E-state index in [9.17, 15) is 18.0 Å². The van der Waals surface area contributed by atoms with Gasteiger partial charge in [-0.3, -0.25) is 14.5 Å². The fourth-order valence-corrected chi connectivity index (χ4v) is 5.46. The van der Waals surface area contributed by atoms with E-state index in [1.165, 1.54) is 41.1 Å². The minimum absolute atomic E-state index is 0.0516. The van der Waals surface area contributed by atoms with Crippen molar-refractivity contribution in [3.05, 3.63) is 65.7 Å². The van der Waals surface area contributed by atoms with Crippen LogP contribution < -0.4 is 0 Å². The Hall–Kier alpha value is -2.55. The van der Waals surface area contributed by atoms with E-state index in [4.69, 9.17) is 0 Å². The molecule has 32 heavy (non-hydrogen) atoms. The van der Waals surface area contributed by atoms with Crippen LogP contribution in [0.2, 0.25) is 0 Å². The molecule has 4 rings (SSSR count). The first kappa shape index (κ1) is 22.6. The van der Waals surface area contributed by atoms with Gasteiger partial charge >= 0.3 is 0 Å². The number of amides is 1. The van der Waals surface area contributed by atoms with Gasteiger partial charge in [-0.2, -0.15) is 4.31 Å². The van der Waals surface area contributed by atoms with Crippen molar-refractivity contribution < 1.29 is 18.0 Å². The number of carbonyl (C=O) groups excluding carboxylic acids is 2. The lowest BCUT2D eigenvalue weighted by atomic mass is 10.2. The van der Waals surface area contributed by atoms with Gasteiger partial charge in [0, 0.05) is 44.3 Å². The highest BCUT2D eigenvalue weighted by Gasteiger charge is 2.34. The zero-order valence-electron chi connectivity index (χ0n) is 18.3. The summed E-state index contributed by atoms with van der Waals surface area (Å²) < 4.78 is 27.3. The summed E-state index contributed by atoms with van der Waals surface area (Å²) in [7, 11) is -3.65. The Morgan fingerprint density at radius 1 is 0.938 bits per heavy atom. The van der Waals surface area contributed by atoms with Gasteiger partial charge in [0.05, 0.1) is 11.4 Å². The monoisotopic (exact) mass is 455 g/mol. The maximum atomic E-state index is 13.0. The summed E-state index contributed by atoms with van der Waals surface area (Å²) in [6.07, 6.45) is 2.24. The highest BCUT2D eigenvalue weighted by molar-refractivity contribution is 7.89. The molecule has 1 heterocycles. The van der Waals surface area contributed by atoms with Crippen LogP contribution in [-0.4, -0.2) is 73.0 Å². The molecule has 0 aromatic heterocycles. The quantitative estimate of drug-likeness (QED) is 0.571. The Bertz CT molecular complexity index is 1060. The molecule has 1 aliphatic carbocycles. The number of hydrogen-bond acceptors (Lipinski definition) is 5. The lowest BCUT2D eigenvalue weighted by Gasteiger charge is -2.35. The molecule has 1 saturated heterocycles. The van der Waals surface area contributed by atoms with Crippen molar-refractivity contribution in [2.75, 3.05) is 32.7 Å². The molecule has 0 spiro atoms. The number of rotatable bonds is 8. The molecule has 7 nitrogen and oxygen atoms in total. The number of Topliss-reactive ketones (excluding diaryl/α,β-unsaturated/α-hetero) is 1. The van der Waals surface area contributed by atoms with Crippen molar-refractivity contribution in [1.82, 2.24) is 14.1 Å². The SMILES string of the molecule is CC(=O)c1ccc(S(=O)(=O)N2CCN(C(=O)CN(Cc3ccccc3)C3CC3)CC2)cc1. The van der Waals surface area contributed by atoms with Crippen LogP contribution in [0.1, 0.15) is 35.7 Å². The topological polar surface area (TPSA) is 78.0 Å². The molecule has 0 N–H and O–H groups in total. The summed E-state index contributed by atoms with van der Waals surface area (Å²) in [6.45, 7) is 3.86. The molecule has 2 aromatic carbocycles. The van der Waals surface area contributed by atoms with Crippen molar-refractivity contribution in [2.45, 2.75) is 37.2 Å². The van der Waals surface area contributed by atoms with E-state index in [1.54, 1.807) is 4.90 Å². The largest absolute Gasteiger partial charge is 0.339 e. The third-order valence-corrected chi connectivity index (χ3v) is 8.03. The van der Waals surface area contributed by atoms with E-state index >= 15 is 0 Å². The van der Waals surface area contributed by atoms with Crippen LogP contribution in [0.3, 0.4) is 0 Å². The highest BCUT2D eigenvalue weighted by atomic mass is 32.2. The lowest BCUT2D eigenvalue weighted by molar-refractivity contribution is -0.133. The Kier molecular flexibility index (Phi) is 6.74. The standard InChI is InChI=1S/C24H29N3O4S/c1-19(28)21-7-11-23(12-8-21)32(30,31)27-15-13-25(14-16-27)24(29)18-26(22-9-10-22)17-20-5-3-2-4-6-20/h2-8,11-12,22H,9-10,13-18H2,1H3. The van der Waals surface area contributed by atoms with Crippen molar-refractivity contribution in [1.29, 1.82) is 0 Å². The van der Waals surface area contributed by atoms with E-state index in [1.807, 2.05) is 18.2 Å². The highest BCUT2D eigenvalue weighted by Crippen LogP contribution is 2.28. The first-order chi connectivity index (χ1) is 15.3. The molecule has 2 aliphatic rings. The summed E-state index contributed by atoms with van der Waals surface area (Å²) in [4.78, 5) is 28.5. The van der Waals surface area contributed by atoms with Gasteiger partial charge < -0.3 is 4.90 Å². The van der Waals surface area contributed by atoms with Crippen LogP contribution in [0, 0.1) is 0 Å². The van der Waals surface area contributed by atoms with Crippen molar-refractivity contribution in [2.24, 2.45) is 0 Å². The molecule has 1 saturated carbocycles. The summed E-state index contributed by atoms with van der Waals surface area (Å²) in [5, 5.41) is 0. The van der Waals surface area contributed by atoms with Gasteiger partial charge in [0.2, 0.25) is 15.9 Å². The number of nitrogens with zero attached hydrogens (tertiary/aromatic N) is 3. The lowest BCUT2D eigenvalue weighted by Crippen LogP contribution is -2.52. The van der Waals surface area contributed by atoms with Gasteiger partial charge in [0.15, 0.2) is 5.78 Å². The fourth-order valence-electron chi connectivity index (χ4n) is 4.03. The van der Waals surface area contributed by atoms with E-state index < -0.39 is 10.0 Å². The van der Waals surface area contributed by atoms with Gasteiger partial charge in [0.1, 0.15) is 0 Å². The Morgan fingerprint density at radius 3 is 2.12 bits per heavy atom. The van der Waals surface area contributed by atoms with E-state index in [0.717, 1.165) is 19.4 Å². The second-order valence-electron chi connectivity index (χ2n) is 8.49. The Balaban J connectivity index is 1.34. The van der Waals surface area contributed by atoms with E-state index in [2.05, 4.69) is 17.0 Å². The van der Waals surface area contributed by atoms with Crippen LogP contribution in [0.5, 0.6) is 0 Å². The summed E-state index contributed by atoms with van der Waals surface area (Å²) in [5.41, 5.74) is 1.67. The van der Waals surface area contributed by atoms with Crippen LogP contribution in [0.15, 0.2) is 59.5 Å². The zero-order chi connectivity index (χ0) is 22.7. The second-order valence-corrected chi connectivity index (χ2v) is 10.4. The molecule has 8 heteroatoms. The van der Waals surface area contributed by atoms with Gasteiger partial charge in [-0.25, -0.2) is 8.42 Å². The normalized spacial score (nSPS) is 17.5. The van der Waals surface area contributed by atoms with Crippen LogP contribution in [0.25, 0.3) is 0 Å². The molecule has 2 aromatic rings. The summed E-state index contributed by atoms with van der Waals surface area (Å²) in [5.74, 6) is -0.0516. The van der Waals surface area contributed by atoms with Crippen molar-refractivity contribution in [3.63, 3.8) is 0 Å². The predicted octanol–water partition coefficient (Wildman–Crippen LogP) is 2.39. The van der Waals surface area contributed by atoms with Crippen LogP contribution in [0.4, 0.5) is 0 Å². The van der Waals surface area contributed by atoms with Crippen molar-refractivity contribution in [3.8, 4) is 0 Å². The molecule has 0 bridgehead atoms. The van der Waals surface area contributed by atoms with Crippen LogP contribution >= 0.6 is 0 Å². The molecular weight excluding hydrogens is 426 g/mol. The summed E-state index contributed by atoms with van der Waals surface area (Å²) in [6, 6.07) is 16.6. The molecule has 0 unspecified atom stereocenters. The van der Waals surface area contributed by atoms with Crippen LogP contribution in [-0.2, 0) is 21.4 Å². The average Bonchev–Trinajstić information content (AvgIpc) is 3.65. The molecule has 0 atom stereocenters. The number of sulfonamides is 1. The van der Waals surface area contributed by atoms with Gasteiger partial charge in [-0.1, -0.05) is 42.5 Å². The fraction of sp³-hybridized carbons (Fsp3) is 0.417. The zero-order valence-corrected chi connectivity index (χ0v) is 19.1. The number of carbonyl (C=O) groups is 2. The smallest absolute Gasteiger partial charge is 0.243 e. The van der Waals surface area contributed by atoms with E-state index in [-0.39, 0.29) is 29.7 Å². The number of hydrogen-bond donors (Lipinski definition) is 0. The molecule has 170 valence electrons.